The predicted octanol–water partition coefficient (Wildman–Crippen LogP) is -7.39. The van der Waals surface area contributed by atoms with Crippen LogP contribution in [0.5, 0.6) is 5.75 Å². The third-order valence-electron chi connectivity index (χ3n) is 20.6. The van der Waals surface area contributed by atoms with Gasteiger partial charge < -0.3 is 136 Å². The molecule has 1 saturated heterocycles. The topological polar surface area (TPSA) is 678 Å². The SMILES string of the molecule is CC[C@H](C)[C@H](NC(=O)[C@H](CO)NC(=O)[C@H](Cc1ccccc1)NC(=O)[C@H](CO)NC(=O)[C@H](Cc1ccc(O)cc1)NC(=O)CN)C(=O)N[C@@H](Cc1c[nH]c2ccccc12)C(=O)NCC(=O)N1CCC[C@H]1C(=O)NCC(=O)N[C@H](C(=O)N[C@@H](CC(C)C)C(=O)N[C@H](C(=O)N[C@H](C(=O)N[C@H](C(=O)N[C@@H](CO)C(=O)N[C@@H](CO)C(=O)O)C(C)C)[C@@H](C)O)C(C)C)[C@@H](C)O. The Kier molecular flexibility index (Phi) is 41.7. The molecule has 688 valence electrons. The zero-order valence-electron chi connectivity index (χ0n) is 71.3. The van der Waals surface area contributed by atoms with Crippen LogP contribution in [0.3, 0.4) is 0 Å². The molecule has 1 aromatic heterocycles. The Hall–Kier alpha value is -12.3. The van der Waals surface area contributed by atoms with Crippen molar-refractivity contribution in [3.8, 4) is 5.75 Å². The molecule has 1 aliphatic rings. The van der Waals surface area contributed by atoms with Crippen LogP contribution in [0, 0.1) is 23.7 Å². The lowest BCUT2D eigenvalue weighted by Gasteiger charge is -2.30. The van der Waals surface area contributed by atoms with Crippen LogP contribution in [0.2, 0.25) is 0 Å². The van der Waals surface area contributed by atoms with Gasteiger partial charge in [0.15, 0.2) is 0 Å². The molecule has 0 saturated carbocycles. The van der Waals surface area contributed by atoms with Crippen LogP contribution in [0.4, 0.5) is 0 Å². The molecule has 0 aliphatic carbocycles. The monoisotopic (exact) mass is 1760 g/mol. The molecule has 125 heavy (non-hydrogen) atoms. The maximum absolute atomic E-state index is 14.7. The van der Waals surface area contributed by atoms with E-state index in [0.29, 0.717) is 27.6 Å². The fourth-order valence-corrected chi connectivity index (χ4v) is 13.3. The Morgan fingerprint density at radius 1 is 0.440 bits per heavy atom. The third-order valence-corrected chi connectivity index (χ3v) is 20.6. The molecule has 43 heteroatoms. The lowest BCUT2D eigenvalue weighted by Crippen LogP contribution is -2.63. The smallest absolute Gasteiger partial charge is 0.328 e. The first-order valence-corrected chi connectivity index (χ1v) is 41.0. The molecule has 0 spiro atoms. The number of carbonyl (C=O) groups excluding carboxylic acids is 16. The van der Waals surface area contributed by atoms with Gasteiger partial charge >= 0.3 is 5.97 Å². The Morgan fingerprint density at radius 2 is 0.856 bits per heavy atom. The Bertz CT molecular complexity index is 4380. The van der Waals surface area contributed by atoms with Gasteiger partial charge in [-0.1, -0.05) is 122 Å². The van der Waals surface area contributed by atoms with E-state index in [-0.39, 0.29) is 63.2 Å². The van der Waals surface area contributed by atoms with Crippen molar-refractivity contribution in [3.63, 3.8) is 0 Å². The van der Waals surface area contributed by atoms with Crippen molar-refractivity contribution in [1.82, 2.24) is 89.6 Å². The lowest BCUT2D eigenvalue weighted by atomic mass is 9.96. The quantitative estimate of drug-likeness (QED) is 0.0195. The number of hydrogen-bond donors (Lipinski definition) is 25. The molecular formula is C82H120N18O25. The van der Waals surface area contributed by atoms with Crippen LogP contribution < -0.4 is 85.5 Å². The number of phenols is 1. The number of carbonyl (C=O) groups is 17. The largest absolute Gasteiger partial charge is 0.508 e. The molecule has 0 radical (unpaired) electrons. The molecule has 0 unspecified atom stereocenters. The number of aromatic nitrogens is 1. The van der Waals surface area contributed by atoms with Crippen molar-refractivity contribution >= 4 is 111 Å². The van der Waals surface area contributed by atoms with Gasteiger partial charge in [0.05, 0.1) is 58.3 Å². The van der Waals surface area contributed by atoms with E-state index in [2.05, 4.69) is 79.4 Å². The number of aliphatic hydroxyl groups excluding tert-OH is 6. The number of para-hydroxylation sites is 1. The van der Waals surface area contributed by atoms with E-state index in [1.54, 1.807) is 88.5 Å². The summed E-state index contributed by atoms with van der Waals surface area (Å²) in [6.07, 6.45) is -1.82. The summed E-state index contributed by atoms with van der Waals surface area (Å²) >= 11 is 0. The van der Waals surface area contributed by atoms with Gasteiger partial charge in [-0.05, 0) is 91.7 Å². The summed E-state index contributed by atoms with van der Waals surface area (Å²) in [6, 6.07) is -1.36. The van der Waals surface area contributed by atoms with Gasteiger partial charge in [-0.3, -0.25) is 76.7 Å². The van der Waals surface area contributed by atoms with Crippen molar-refractivity contribution in [2.24, 2.45) is 29.4 Å². The van der Waals surface area contributed by atoms with Crippen molar-refractivity contribution in [1.29, 1.82) is 0 Å². The number of H-pyrrole nitrogens is 1. The number of benzene rings is 3. The molecule has 4 aromatic rings. The van der Waals surface area contributed by atoms with E-state index < -0.39 is 261 Å². The maximum atomic E-state index is 14.7. The summed E-state index contributed by atoms with van der Waals surface area (Å²) in [4.78, 5) is 237. The standard InChI is InChI=1S/C82H120N18O25/c1-11-43(8)66(98-75(117)58(38-103)92-71(113)54(29-46-18-13-12-14-19-46)88-73(115)56(36-101)91-70(112)53(87-61(108)32-83)30-47-23-25-49(107)26-24-47)79(121)90-55(31-48-33-84-51-21-16-15-20-50(48)51)69(111)86-35-63(110)100-27-17-22-60(100)76(118)85-34-62(109)95-67(44(9)105)80(122)89-52(28-40(2)3)72(114)96-65(42(6)7)78(120)99-68(45(10)106)81(123)97-64(41(4)5)77(119)93-57(37-102)74(116)94-59(39-104)82(124)125/h12-16,18-21,23-26,33,40-45,52-60,64-68,84,101-107H,11,17,22,27-32,34-39,83H2,1-10H3,(H,85,118)(H,86,111)(H,87,108)(H,88,115)(H,89,122)(H,90,121)(H,91,112)(H,92,113)(H,93,119)(H,94,116)(H,95,109)(H,96,114)(H,97,123)(H,98,117)(H,99,120)(H,124,125)/t43-,44+,45+,52-,53-,54-,55-,56-,57-,58-,59-,60-,64-,65-,66-,67-,68-/m0/s1. The molecule has 1 fully saturated rings. The first-order chi connectivity index (χ1) is 59.1. The van der Waals surface area contributed by atoms with Gasteiger partial charge in [0, 0.05) is 42.9 Å². The van der Waals surface area contributed by atoms with Gasteiger partial charge in [0.25, 0.3) is 0 Å². The second-order valence-corrected chi connectivity index (χ2v) is 31.6. The van der Waals surface area contributed by atoms with Gasteiger partial charge in [-0.15, -0.1) is 0 Å². The average molecular weight is 1760 g/mol. The number of carboxylic acid groups (broad SMARTS) is 1. The molecule has 17 atom stereocenters. The number of hydrogen-bond acceptors (Lipinski definition) is 25. The van der Waals surface area contributed by atoms with Crippen molar-refractivity contribution in [2.45, 2.75) is 211 Å². The number of aliphatic carboxylic acids is 1. The minimum absolute atomic E-state index is 0.00220. The number of likely N-dealkylation sites (tertiary alicyclic amines) is 1. The van der Waals surface area contributed by atoms with E-state index in [1.807, 2.05) is 5.32 Å². The highest BCUT2D eigenvalue weighted by Crippen LogP contribution is 2.22. The fourth-order valence-electron chi connectivity index (χ4n) is 13.3. The molecule has 3 aromatic carbocycles. The van der Waals surface area contributed by atoms with Crippen LogP contribution in [0.25, 0.3) is 10.9 Å². The van der Waals surface area contributed by atoms with E-state index >= 15 is 0 Å². The molecule has 1 aliphatic heterocycles. The second kappa shape index (κ2) is 50.5. The second-order valence-electron chi connectivity index (χ2n) is 31.6. The Morgan fingerprint density at radius 3 is 1.38 bits per heavy atom. The predicted molar refractivity (Wildman–Crippen MR) is 447 cm³/mol. The number of phenolic OH excluding ortho intramolecular Hbond substituents is 1. The first-order valence-electron chi connectivity index (χ1n) is 41.0. The van der Waals surface area contributed by atoms with Crippen LogP contribution in [0.15, 0.2) is 85.1 Å². The molecule has 5 rings (SSSR count). The van der Waals surface area contributed by atoms with E-state index in [4.69, 9.17) is 5.73 Å². The van der Waals surface area contributed by atoms with Crippen LogP contribution in [-0.4, -0.2) is 301 Å². The highest BCUT2D eigenvalue weighted by Gasteiger charge is 2.42. The number of aromatic hydroxyl groups is 1. The molecule has 26 N–H and O–H groups in total. The number of rotatable bonds is 50. The summed E-state index contributed by atoms with van der Waals surface area (Å²) in [5.41, 5.74) is 7.67. The minimum Gasteiger partial charge on any atom is -0.508 e. The van der Waals surface area contributed by atoms with Crippen molar-refractivity contribution in [3.05, 3.63) is 102 Å². The van der Waals surface area contributed by atoms with E-state index in [9.17, 15) is 122 Å². The number of aromatic amines is 1. The van der Waals surface area contributed by atoms with E-state index in [1.165, 1.54) is 52.0 Å². The summed E-state index contributed by atoms with van der Waals surface area (Å²) in [5.74, 6) is -20.1. The lowest BCUT2D eigenvalue weighted by molar-refractivity contribution is -0.143. The average Bonchev–Trinajstić information content (AvgIpc) is 1.62. The zero-order valence-corrected chi connectivity index (χ0v) is 71.3. The number of nitrogens with zero attached hydrogens (tertiary/aromatic N) is 1. The van der Waals surface area contributed by atoms with E-state index in [0.717, 1.165) is 18.7 Å². The van der Waals surface area contributed by atoms with Crippen LogP contribution >= 0.6 is 0 Å². The number of amides is 16. The summed E-state index contributed by atoms with van der Waals surface area (Å²) < 4.78 is 0. The maximum Gasteiger partial charge on any atom is 0.328 e. The van der Waals surface area contributed by atoms with Gasteiger partial charge in [-0.25, -0.2) is 4.79 Å². The van der Waals surface area contributed by atoms with Crippen molar-refractivity contribution in [2.75, 3.05) is 52.6 Å². The third kappa shape index (κ3) is 31.8. The molecular weight excluding hydrogens is 1640 g/mol. The Labute approximate surface area is 721 Å². The van der Waals surface area contributed by atoms with Crippen LogP contribution in [0.1, 0.15) is 112 Å². The summed E-state index contributed by atoms with van der Waals surface area (Å²) in [7, 11) is 0. The number of fused-ring (bicyclic) bond motifs is 1. The summed E-state index contributed by atoms with van der Waals surface area (Å²) in [6.45, 7) is 8.74. The molecule has 43 nitrogen and oxygen atoms in total. The van der Waals surface area contributed by atoms with Crippen molar-refractivity contribution < 1.29 is 122 Å². The highest BCUT2D eigenvalue weighted by atomic mass is 16.4. The number of carboxylic acids is 1. The normalized spacial score (nSPS) is 16.4. The number of nitrogens with two attached hydrogens (primary N) is 1. The number of aliphatic hydroxyl groups is 6. The number of nitrogens with one attached hydrogen (secondary N) is 16. The zero-order chi connectivity index (χ0) is 93.2. The minimum atomic E-state index is -1.81. The molecule has 16 amide bonds. The molecule has 0 bridgehead atoms. The molecule has 2 heterocycles. The summed E-state index contributed by atoms with van der Waals surface area (Å²) in [5, 5.41) is 118. The first kappa shape index (κ1) is 103. The van der Waals surface area contributed by atoms with Gasteiger partial charge in [-0.2, -0.15) is 0 Å². The highest BCUT2D eigenvalue weighted by molar-refractivity contribution is 6.01. The van der Waals surface area contributed by atoms with Gasteiger partial charge in [0.1, 0.15) is 90.3 Å². The van der Waals surface area contributed by atoms with Crippen LogP contribution in [-0.2, 0) is 101 Å². The Balaban J connectivity index is 1.24. The fraction of sp³-hybridized carbons (Fsp3) is 0.549. The van der Waals surface area contributed by atoms with Gasteiger partial charge in [0.2, 0.25) is 94.5 Å².